The van der Waals surface area contributed by atoms with E-state index in [0.29, 0.717) is 6.54 Å². The van der Waals surface area contributed by atoms with Crippen LogP contribution in [0, 0.1) is 0 Å². The van der Waals surface area contributed by atoms with Gasteiger partial charge in [0.1, 0.15) is 5.75 Å². The van der Waals surface area contributed by atoms with Gasteiger partial charge in [-0.2, -0.15) is 0 Å². The van der Waals surface area contributed by atoms with Gasteiger partial charge < -0.3 is 19.9 Å². The molecule has 0 bridgehead atoms. The van der Waals surface area contributed by atoms with E-state index in [1.54, 1.807) is 7.11 Å². The monoisotopic (exact) mass is 404 g/mol. The lowest BCUT2D eigenvalue weighted by Gasteiger charge is -2.34. The summed E-state index contributed by atoms with van der Waals surface area (Å²) in [5.74, 6) is 0.956. The molecular weight excluding hydrogens is 382 g/mol. The van der Waals surface area contributed by atoms with Crippen LogP contribution in [-0.4, -0.2) is 45.7 Å². The van der Waals surface area contributed by atoms with Gasteiger partial charge >= 0.3 is 0 Å². The number of benzene rings is 2. The molecule has 6 heteroatoms. The molecule has 2 aromatic rings. The van der Waals surface area contributed by atoms with Crippen LogP contribution in [-0.2, 0) is 4.79 Å². The Kier molecular flexibility index (Phi) is 5.94. The SMILES string of the molecule is COc1ccccc1N1CC[NH+](CC(=O)Nc2cccc(Br)c2)CC1. The number of nitrogens with one attached hydrogen (secondary N) is 2. The Hall–Kier alpha value is -2.05. The first kappa shape index (κ1) is 17.8. The third-order valence-corrected chi connectivity index (χ3v) is 4.91. The van der Waals surface area contributed by atoms with Crippen molar-refractivity contribution in [2.75, 3.05) is 50.1 Å². The van der Waals surface area contributed by atoms with Crippen molar-refractivity contribution in [1.29, 1.82) is 0 Å². The van der Waals surface area contributed by atoms with Gasteiger partial charge in [-0.1, -0.05) is 34.1 Å². The maximum Gasteiger partial charge on any atom is 0.279 e. The molecule has 0 radical (unpaired) electrons. The number of hydrogen-bond acceptors (Lipinski definition) is 3. The fourth-order valence-corrected chi connectivity index (χ4v) is 3.53. The number of methoxy groups -OCH3 is 1. The lowest BCUT2D eigenvalue weighted by atomic mass is 10.2. The summed E-state index contributed by atoms with van der Waals surface area (Å²) < 4.78 is 6.41. The Bertz CT molecular complexity index is 730. The molecule has 0 unspecified atom stereocenters. The Labute approximate surface area is 156 Å². The molecule has 0 saturated carbocycles. The number of para-hydroxylation sites is 2. The van der Waals surface area contributed by atoms with Crippen LogP contribution in [0.15, 0.2) is 53.0 Å². The molecule has 0 atom stereocenters. The molecule has 3 rings (SSSR count). The molecule has 1 saturated heterocycles. The number of nitrogens with zero attached hydrogens (tertiary/aromatic N) is 1. The second-order valence-electron chi connectivity index (χ2n) is 6.14. The topological polar surface area (TPSA) is 46.0 Å². The fourth-order valence-electron chi connectivity index (χ4n) is 3.13. The minimum Gasteiger partial charge on any atom is -0.495 e. The minimum absolute atomic E-state index is 0.0545. The third kappa shape index (κ3) is 4.74. The zero-order chi connectivity index (χ0) is 17.6. The predicted octanol–water partition coefficient (Wildman–Crippen LogP) is 1.80. The first-order chi connectivity index (χ1) is 12.2. The molecule has 5 nitrogen and oxygen atoms in total. The van der Waals surface area contributed by atoms with Crippen molar-refractivity contribution in [3.63, 3.8) is 0 Å². The van der Waals surface area contributed by atoms with Gasteiger partial charge in [0, 0.05) is 10.2 Å². The van der Waals surface area contributed by atoms with E-state index in [0.717, 1.165) is 47.8 Å². The van der Waals surface area contributed by atoms with Gasteiger partial charge in [-0.25, -0.2) is 0 Å². The smallest absolute Gasteiger partial charge is 0.279 e. The maximum absolute atomic E-state index is 12.3. The lowest BCUT2D eigenvalue weighted by Crippen LogP contribution is -3.15. The number of rotatable bonds is 5. The molecule has 1 fully saturated rings. The molecule has 0 spiro atoms. The van der Waals surface area contributed by atoms with E-state index in [2.05, 4.69) is 32.2 Å². The first-order valence-electron chi connectivity index (χ1n) is 8.42. The van der Waals surface area contributed by atoms with Crippen LogP contribution in [0.25, 0.3) is 0 Å². The average Bonchev–Trinajstić information content (AvgIpc) is 2.62. The number of quaternary nitrogens is 1. The van der Waals surface area contributed by atoms with E-state index >= 15 is 0 Å². The zero-order valence-electron chi connectivity index (χ0n) is 14.3. The average molecular weight is 405 g/mol. The van der Waals surface area contributed by atoms with Crippen molar-refractivity contribution in [3.05, 3.63) is 53.0 Å². The van der Waals surface area contributed by atoms with Crippen LogP contribution in [0.4, 0.5) is 11.4 Å². The van der Waals surface area contributed by atoms with Crippen LogP contribution < -0.4 is 19.9 Å². The summed E-state index contributed by atoms with van der Waals surface area (Å²) >= 11 is 3.42. The lowest BCUT2D eigenvalue weighted by molar-refractivity contribution is -0.892. The highest BCUT2D eigenvalue weighted by Crippen LogP contribution is 2.27. The van der Waals surface area contributed by atoms with Crippen molar-refractivity contribution in [2.45, 2.75) is 0 Å². The Balaban J connectivity index is 1.51. The molecule has 25 heavy (non-hydrogen) atoms. The highest BCUT2D eigenvalue weighted by atomic mass is 79.9. The van der Waals surface area contributed by atoms with Crippen LogP contribution in [0.1, 0.15) is 0 Å². The number of carbonyl (C=O) groups is 1. The normalized spacial score (nSPS) is 15.0. The van der Waals surface area contributed by atoms with E-state index in [4.69, 9.17) is 4.74 Å². The molecule has 0 aliphatic carbocycles. The van der Waals surface area contributed by atoms with Gasteiger partial charge in [-0.05, 0) is 30.3 Å². The summed E-state index contributed by atoms with van der Waals surface area (Å²) in [6, 6.07) is 15.8. The number of halogens is 1. The van der Waals surface area contributed by atoms with Crippen LogP contribution in [0.5, 0.6) is 5.75 Å². The largest absolute Gasteiger partial charge is 0.495 e. The summed E-state index contributed by atoms with van der Waals surface area (Å²) in [6.07, 6.45) is 0. The van der Waals surface area contributed by atoms with Crippen molar-refractivity contribution in [3.8, 4) is 5.75 Å². The standard InChI is InChI=1S/C19H22BrN3O2/c1-25-18-8-3-2-7-17(18)23-11-9-22(10-12-23)14-19(24)21-16-6-4-5-15(20)13-16/h2-8,13H,9-12,14H2,1H3,(H,21,24)/p+1. The number of anilines is 2. The molecule has 1 aliphatic heterocycles. The van der Waals surface area contributed by atoms with E-state index in [1.807, 2.05) is 42.5 Å². The molecule has 2 aromatic carbocycles. The van der Waals surface area contributed by atoms with Gasteiger partial charge in [0.2, 0.25) is 0 Å². The summed E-state index contributed by atoms with van der Waals surface area (Å²) in [7, 11) is 1.70. The first-order valence-corrected chi connectivity index (χ1v) is 9.22. The quantitative estimate of drug-likeness (QED) is 0.798. The minimum atomic E-state index is 0.0545. The van der Waals surface area contributed by atoms with E-state index in [-0.39, 0.29) is 5.91 Å². The summed E-state index contributed by atoms with van der Waals surface area (Å²) in [5, 5.41) is 2.97. The van der Waals surface area contributed by atoms with E-state index in [1.165, 1.54) is 4.90 Å². The summed E-state index contributed by atoms with van der Waals surface area (Å²) in [5.41, 5.74) is 1.95. The van der Waals surface area contributed by atoms with Crippen molar-refractivity contribution in [1.82, 2.24) is 0 Å². The van der Waals surface area contributed by atoms with Crippen LogP contribution in [0.3, 0.4) is 0 Å². The van der Waals surface area contributed by atoms with Crippen molar-refractivity contribution in [2.24, 2.45) is 0 Å². The molecular formula is C19H23BrN3O2+. The number of hydrogen-bond donors (Lipinski definition) is 2. The van der Waals surface area contributed by atoms with Gasteiger partial charge in [0.05, 0.1) is 39.0 Å². The van der Waals surface area contributed by atoms with Gasteiger partial charge in [0.25, 0.3) is 5.91 Å². The Morgan fingerprint density at radius 3 is 2.68 bits per heavy atom. The molecule has 1 aliphatic rings. The molecule has 1 amide bonds. The van der Waals surface area contributed by atoms with E-state index < -0.39 is 0 Å². The second kappa shape index (κ2) is 8.36. The number of piperazine rings is 1. The number of carbonyl (C=O) groups excluding carboxylic acids is 1. The van der Waals surface area contributed by atoms with Crippen LogP contribution >= 0.6 is 15.9 Å². The fraction of sp³-hybridized carbons (Fsp3) is 0.316. The van der Waals surface area contributed by atoms with E-state index in [9.17, 15) is 4.79 Å². The molecule has 132 valence electrons. The number of ether oxygens (including phenoxy) is 1. The second-order valence-corrected chi connectivity index (χ2v) is 7.06. The molecule has 0 aromatic heterocycles. The highest BCUT2D eigenvalue weighted by Gasteiger charge is 2.23. The third-order valence-electron chi connectivity index (χ3n) is 4.42. The van der Waals surface area contributed by atoms with Gasteiger partial charge in [-0.15, -0.1) is 0 Å². The van der Waals surface area contributed by atoms with Crippen molar-refractivity contribution < 1.29 is 14.4 Å². The Morgan fingerprint density at radius 2 is 1.96 bits per heavy atom. The van der Waals surface area contributed by atoms with Crippen LogP contribution in [0.2, 0.25) is 0 Å². The zero-order valence-corrected chi connectivity index (χ0v) is 15.9. The summed E-state index contributed by atoms with van der Waals surface area (Å²) in [6.45, 7) is 4.19. The molecule has 2 N–H and O–H groups in total. The van der Waals surface area contributed by atoms with Gasteiger partial charge in [0.15, 0.2) is 6.54 Å². The molecule has 1 heterocycles. The summed E-state index contributed by atoms with van der Waals surface area (Å²) in [4.78, 5) is 15.9. The Morgan fingerprint density at radius 1 is 1.20 bits per heavy atom. The highest BCUT2D eigenvalue weighted by molar-refractivity contribution is 9.10. The van der Waals surface area contributed by atoms with Gasteiger partial charge in [-0.3, -0.25) is 4.79 Å². The maximum atomic E-state index is 12.3. The van der Waals surface area contributed by atoms with Crippen molar-refractivity contribution >= 4 is 33.2 Å². The predicted molar refractivity (Wildman–Crippen MR) is 104 cm³/mol. The number of amides is 1.